The van der Waals surface area contributed by atoms with E-state index in [9.17, 15) is 9.59 Å². The van der Waals surface area contributed by atoms with Crippen molar-refractivity contribution in [1.82, 2.24) is 5.32 Å². The quantitative estimate of drug-likeness (QED) is 0.784. The highest BCUT2D eigenvalue weighted by Gasteiger charge is 2.25. The zero-order chi connectivity index (χ0) is 16.9. The van der Waals surface area contributed by atoms with Crippen molar-refractivity contribution >= 4 is 17.5 Å². The lowest BCUT2D eigenvalue weighted by molar-refractivity contribution is -0.122. The molecule has 0 radical (unpaired) electrons. The predicted molar refractivity (Wildman–Crippen MR) is 94.3 cm³/mol. The number of nitrogens with two attached hydrogens (primary N) is 1. The highest BCUT2D eigenvalue weighted by molar-refractivity contribution is 5.87. The number of amides is 2. The molecule has 2 aliphatic rings. The number of hydrogen-bond donors (Lipinski definition) is 2. The van der Waals surface area contributed by atoms with Crippen LogP contribution >= 0.6 is 0 Å². The summed E-state index contributed by atoms with van der Waals surface area (Å²) >= 11 is 0. The van der Waals surface area contributed by atoms with Crippen LogP contribution in [0.15, 0.2) is 36.4 Å². The molecule has 5 nitrogen and oxygen atoms in total. The van der Waals surface area contributed by atoms with Crippen molar-refractivity contribution in [2.24, 2.45) is 17.6 Å². The van der Waals surface area contributed by atoms with Gasteiger partial charge in [0.2, 0.25) is 11.8 Å². The number of nitrogens with zero attached hydrogens (tertiary/aromatic N) is 1. The van der Waals surface area contributed by atoms with E-state index in [1.54, 1.807) is 6.08 Å². The van der Waals surface area contributed by atoms with Crippen LogP contribution in [0.3, 0.4) is 0 Å². The molecule has 1 atom stereocenters. The van der Waals surface area contributed by atoms with Gasteiger partial charge in [-0.3, -0.25) is 9.59 Å². The Kier molecular flexibility index (Phi) is 5.18. The molecule has 1 saturated heterocycles. The van der Waals surface area contributed by atoms with Gasteiger partial charge >= 0.3 is 0 Å². The van der Waals surface area contributed by atoms with Gasteiger partial charge in [-0.2, -0.15) is 0 Å². The second-order valence-corrected chi connectivity index (χ2v) is 6.73. The Morgan fingerprint density at radius 3 is 2.79 bits per heavy atom. The number of allylic oxidation sites excluding steroid dienone is 1. The van der Waals surface area contributed by atoms with Crippen LogP contribution in [0.1, 0.15) is 31.2 Å². The maximum Gasteiger partial charge on any atom is 0.243 e. The van der Waals surface area contributed by atoms with Crippen LogP contribution in [-0.4, -0.2) is 24.9 Å². The first-order valence-electron chi connectivity index (χ1n) is 8.71. The molecular formula is C19H25N3O2. The summed E-state index contributed by atoms with van der Waals surface area (Å²) < 4.78 is 0. The summed E-state index contributed by atoms with van der Waals surface area (Å²) in [6.45, 7) is 2.06. The van der Waals surface area contributed by atoms with Gasteiger partial charge in [0.1, 0.15) is 0 Å². The molecule has 1 aromatic carbocycles. The molecule has 2 amide bonds. The summed E-state index contributed by atoms with van der Waals surface area (Å²) in [4.78, 5) is 25.6. The second kappa shape index (κ2) is 7.51. The van der Waals surface area contributed by atoms with Crippen LogP contribution in [0, 0.1) is 11.8 Å². The van der Waals surface area contributed by atoms with Crippen molar-refractivity contribution in [3.05, 3.63) is 42.0 Å². The summed E-state index contributed by atoms with van der Waals surface area (Å²) in [7, 11) is 0. The molecule has 1 heterocycles. The van der Waals surface area contributed by atoms with Crippen molar-refractivity contribution in [1.29, 1.82) is 0 Å². The summed E-state index contributed by atoms with van der Waals surface area (Å²) in [5.41, 5.74) is 7.62. The first-order chi connectivity index (χ1) is 11.6. The van der Waals surface area contributed by atoms with Crippen LogP contribution < -0.4 is 16.0 Å². The highest BCUT2D eigenvalue weighted by Crippen LogP contribution is 2.30. The standard InChI is InChI=1S/C19H25N3O2/c20-19(24)16-5-3-11-22(13-16)17-6-2-1-4-15(17)12-21-18(23)10-9-14-7-8-14/h1-2,4,6,9-10,14,16H,3,5,7-8,11-13H2,(H2,20,24)(H,21,23)/b10-9+/t16-/m1/s1. The Labute approximate surface area is 142 Å². The maximum atomic E-state index is 11.9. The number of piperidine rings is 1. The van der Waals surface area contributed by atoms with E-state index in [1.807, 2.05) is 30.3 Å². The van der Waals surface area contributed by atoms with E-state index in [0.717, 1.165) is 30.6 Å². The third-order valence-corrected chi connectivity index (χ3v) is 4.75. The van der Waals surface area contributed by atoms with Gasteiger partial charge in [-0.1, -0.05) is 24.3 Å². The topological polar surface area (TPSA) is 75.4 Å². The van der Waals surface area contributed by atoms with E-state index in [-0.39, 0.29) is 17.7 Å². The number of rotatable bonds is 6. The molecule has 1 aliphatic heterocycles. The lowest BCUT2D eigenvalue weighted by Crippen LogP contribution is -2.41. The van der Waals surface area contributed by atoms with Gasteiger partial charge in [-0.25, -0.2) is 0 Å². The van der Waals surface area contributed by atoms with E-state index >= 15 is 0 Å². The van der Waals surface area contributed by atoms with Gasteiger partial charge in [-0.05, 0) is 49.3 Å². The lowest BCUT2D eigenvalue weighted by Gasteiger charge is -2.34. The van der Waals surface area contributed by atoms with Crippen molar-refractivity contribution in [2.45, 2.75) is 32.2 Å². The molecule has 1 saturated carbocycles. The number of benzene rings is 1. The van der Waals surface area contributed by atoms with Gasteiger partial charge in [0.05, 0.1) is 5.92 Å². The molecule has 1 aromatic rings. The minimum absolute atomic E-state index is 0.0506. The fraction of sp³-hybridized carbons (Fsp3) is 0.474. The fourth-order valence-corrected chi connectivity index (χ4v) is 3.15. The maximum absolute atomic E-state index is 11.9. The number of carbonyl (C=O) groups excluding carboxylic acids is 2. The van der Waals surface area contributed by atoms with Gasteiger partial charge < -0.3 is 16.0 Å². The Bertz CT molecular complexity index is 637. The molecule has 128 valence electrons. The van der Waals surface area contributed by atoms with Gasteiger partial charge in [0, 0.05) is 25.3 Å². The fourth-order valence-electron chi connectivity index (χ4n) is 3.15. The summed E-state index contributed by atoms with van der Waals surface area (Å²) in [5, 5.41) is 2.95. The van der Waals surface area contributed by atoms with Crippen molar-refractivity contribution in [2.75, 3.05) is 18.0 Å². The summed E-state index contributed by atoms with van der Waals surface area (Å²) in [5.74, 6) is 0.228. The first-order valence-corrected chi connectivity index (χ1v) is 8.71. The zero-order valence-electron chi connectivity index (χ0n) is 13.9. The Morgan fingerprint density at radius 2 is 2.04 bits per heavy atom. The van der Waals surface area contributed by atoms with Gasteiger partial charge in [-0.15, -0.1) is 0 Å². The largest absolute Gasteiger partial charge is 0.370 e. The minimum Gasteiger partial charge on any atom is -0.370 e. The summed E-state index contributed by atoms with van der Waals surface area (Å²) in [6.07, 6.45) is 7.84. The molecule has 0 spiro atoms. The SMILES string of the molecule is NC(=O)[C@@H]1CCCN(c2ccccc2CNC(=O)/C=C/C2CC2)C1. The Morgan fingerprint density at radius 1 is 1.25 bits per heavy atom. The monoisotopic (exact) mass is 327 g/mol. The van der Waals surface area contributed by atoms with E-state index < -0.39 is 0 Å². The molecule has 3 N–H and O–H groups in total. The predicted octanol–water partition coefficient (Wildman–Crippen LogP) is 1.97. The molecular weight excluding hydrogens is 302 g/mol. The van der Waals surface area contributed by atoms with Crippen molar-refractivity contribution in [3.63, 3.8) is 0 Å². The molecule has 0 unspecified atom stereocenters. The molecule has 24 heavy (non-hydrogen) atoms. The summed E-state index contributed by atoms with van der Waals surface area (Å²) in [6, 6.07) is 8.03. The third-order valence-electron chi connectivity index (χ3n) is 4.75. The lowest BCUT2D eigenvalue weighted by atomic mass is 9.96. The van der Waals surface area contributed by atoms with Crippen LogP contribution in [0.5, 0.6) is 0 Å². The van der Waals surface area contributed by atoms with E-state index in [0.29, 0.717) is 19.0 Å². The number of para-hydroxylation sites is 1. The number of carbonyl (C=O) groups is 2. The second-order valence-electron chi connectivity index (χ2n) is 6.73. The molecule has 0 bridgehead atoms. The Hall–Kier alpha value is -2.30. The first kappa shape index (κ1) is 16.6. The molecule has 1 aliphatic carbocycles. The van der Waals surface area contributed by atoms with Crippen LogP contribution in [0.2, 0.25) is 0 Å². The smallest absolute Gasteiger partial charge is 0.243 e. The number of hydrogen-bond acceptors (Lipinski definition) is 3. The number of primary amides is 1. The average molecular weight is 327 g/mol. The molecule has 3 rings (SSSR count). The zero-order valence-corrected chi connectivity index (χ0v) is 13.9. The minimum atomic E-state index is -0.226. The van der Waals surface area contributed by atoms with Gasteiger partial charge in [0.15, 0.2) is 0 Å². The highest BCUT2D eigenvalue weighted by atomic mass is 16.1. The number of nitrogens with one attached hydrogen (secondary N) is 1. The normalized spacial score (nSPS) is 21.0. The molecule has 0 aromatic heterocycles. The van der Waals surface area contributed by atoms with Crippen molar-refractivity contribution < 1.29 is 9.59 Å². The van der Waals surface area contributed by atoms with E-state index in [4.69, 9.17) is 5.73 Å². The molecule has 5 heteroatoms. The average Bonchev–Trinajstić information content (AvgIpc) is 3.43. The van der Waals surface area contributed by atoms with E-state index in [1.165, 1.54) is 12.8 Å². The Balaban J connectivity index is 1.63. The van der Waals surface area contributed by atoms with E-state index in [2.05, 4.69) is 10.2 Å². The van der Waals surface area contributed by atoms with Crippen molar-refractivity contribution in [3.8, 4) is 0 Å². The third kappa shape index (κ3) is 4.37. The molecule has 2 fully saturated rings. The van der Waals surface area contributed by atoms with Crippen LogP contribution in [0.4, 0.5) is 5.69 Å². The van der Waals surface area contributed by atoms with Crippen LogP contribution in [0.25, 0.3) is 0 Å². The van der Waals surface area contributed by atoms with Gasteiger partial charge in [0.25, 0.3) is 0 Å². The number of anilines is 1. The van der Waals surface area contributed by atoms with Crippen LogP contribution in [-0.2, 0) is 16.1 Å².